The van der Waals surface area contributed by atoms with Gasteiger partial charge in [0.05, 0.1) is 5.92 Å². The van der Waals surface area contributed by atoms with Crippen molar-refractivity contribution in [1.82, 2.24) is 9.88 Å². The summed E-state index contributed by atoms with van der Waals surface area (Å²) in [7, 11) is 1.73. The Balaban J connectivity index is 1.49. The molecule has 138 valence electrons. The Morgan fingerprint density at radius 3 is 2.74 bits per heavy atom. The van der Waals surface area contributed by atoms with E-state index >= 15 is 0 Å². The van der Waals surface area contributed by atoms with Crippen molar-refractivity contribution in [3.05, 3.63) is 54.5 Å². The topological polar surface area (TPSA) is 65.2 Å². The molecule has 2 heterocycles. The van der Waals surface area contributed by atoms with Crippen LogP contribution >= 0.6 is 0 Å². The number of likely N-dealkylation sites (tertiary alicyclic amines) is 1. The second-order valence-corrected chi connectivity index (χ2v) is 6.97. The molecule has 0 bridgehead atoms. The van der Waals surface area contributed by atoms with Crippen LogP contribution in [0.4, 0.5) is 10.1 Å². The normalized spacial score (nSPS) is 17.3. The minimum absolute atomic E-state index is 0.0651. The lowest BCUT2D eigenvalue weighted by Gasteiger charge is -2.28. The number of halogens is 1. The molecule has 1 aliphatic rings. The third kappa shape index (κ3) is 3.43. The monoisotopic (exact) mass is 365 g/mol. The fraction of sp³-hybridized carbons (Fsp3) is 0.238. The smallest absolute Gasteiger partial charge is 0.229 e. The highest BCUT2D eigenvalue weighted by molar-refractivity contribution is 5.97. The van der Waals surface area contributed by atoms with Crippen LogP contribution < -0.4 is 5.32 Å². The van der Waals surface area contributed by atoms with Gasteiger partial charge < -0.3 is 15.2 Å². The molecule has 4 rings (SSSR count). The lowest BCUT2D eigenvalue weighted by molar-refractivity contribution is -0.135. The van der Waals surface area contributed by atoms with E-state index in [0.29, 0.717) is 25.1 Å². The molecular weight excluding hydrogens is 345 g/mol. The lowest BCUT2D eigenvalue weighted by Crippen LogP contribution is -2.41. The van der Waals surface area contributed by atoms with E-state index in [-0.39, 0.29) is 23.5 Å². The standard InChI is InChI=1S/C21H20FN3O2/c1-25-12-14(4-9-20(25)26)21(27)24-16-6-2-13(3-7-16)18-11-23-19-10-15(22)5-8-17(18)19/h2-3,5-8,10-11,14,23H,4,9,12H2,1H3,(H,24,27). The van der Waals surface area contributed by atoms with Crippen LogP contribution in [0, 0.1) is 11.7 Å². The number of hydrogen-bond acceptors (Lipinski definition) is 2. The molecule has 0 saturated carbocycles. The number of H-pyrrole nitrogens is 1. The number of rotatable bonds is 3. The highest BCUT2D eigenvalue weighted by Gasteiger charge is 2.28. The lowest BCUT2D eigenvalue weighted by atomic mass is 9.97. The first-order valence-corrected chi connectivity index (χ1v) is 8.93. The highest BCUT2D eigenvalue weighted by atomic mass is 19.1. The fourth-order valence-corrected chi connectivity index (χ4v) is 3.54. The maximum absolute atomic E-state index is 13.3. The van der Waals surface area contributed by atoms with E-state index in [2.05, 4.69) is 10.3 Å². The van der Waals surface area contributed by atoms with Crippen LogP contribution in [0.25, 0.3) is 22.0 Å². The van der Waals surface area contributed by atoms with Gasteiger partial charge in [0.25, 0.3) is 0 Å². The summed E-state index contributed by atoms with van der Waals surface area (Å²) in [6.07, 6.45) is 2.85. The number of anilines is 1. The first kappa shape index (κ1) is 17.3. The maximum Gasteiger partial charge on any atom is 0.229 e. The molecule has 5 nitrogen and oxygen atoms in total. The van der Waals surface area contributed by atoms with Gasteiger partial charge >= 0.3 is 0 Å². The number of piperidine rings is 1. The molecule has 1 aromatic heterocycles. The van der Waals surface area contributed by atoms with E-state index in [9.17, 15) is 14.0 Å². The molecule has 1 saturated heterocycles. The van der Waals surface area contributed by atoms with Crippen molar-refractivity contribution in [3.8, 4) is 11.1 Å². The Morgan fingerprint density at radius 1 is 1.22 bits per heavy atom. The van der Waals surface area contributed by atoms with Gasteiger partial charge in [0.1, 0.15) is 5.82 Å². The third-order valence-electron chi connectivity index (χ3n) is 5.10. The molecule has 1 atom stereocenters. The summed E-state index contributed by atoms with van der Waals surface area (Å²) in [6.45, 7) is 0.453. The number of nitrogens with one attached hydrogen (secondary N) is 2. The van der Waals surface area contributed by atoms with Crippen LogP contribution in [-0.4, -0.2) is 35.3 Å². The van der Waals surface area contributed by atoms with Crippen LogP contribution in [0.1, 0.15) is 12.8 Å². The van der Waals surface area contributed by atoms with Crippen molar-refractivity contribution in [3.63, 3.8) is 0 Å². The average Bonchev–Trinajstić information content (AvgIpc) is 3.07. The minimum atomic E-state index is -0.274. The molecule has 2 N–H and O–H groups in total. The summed E-state index contributed by atoms with van der Waals surface area (Å²) in [5.74, 6) is -0.438. The highest BCUT2D eigenvalue weighted by Crippen LogP contribution is 2.30. The van der Waals surface area contributed by atoms with E-state index in [1.165, 1.54) is 12.1 Å². The number of nitrogens with zero attached hydrogens (tertiary/aromatic N) is 1. The third-order valence-corrected chi connectivity index (χ3v) is 5.10. The second kappa shape index (κ2) is 6.87. The van der Waals surface area contributed by atoms with Gasteiger partial charge in [0.2, 0.25) is 11.8 Å². The SMILES string of the molecule is CN1CC(C(=O)Nc2ccc(-c3c[nH]c4cc(F)ccc34)cc2)CCC1=O. The molecule has 3 aromatic rings. The van der Waals surface area contributed by atoms with E-state index in [1.54, 1.807) is 18.0 Å². The number of benzene rings is 2. The molecule has 2 amide bonds. The van der Waals surface area contributed by atoms with Crippen LogP contribution in [0.3, 0.4) is 0 Å². The zero-order chi connectivity index (χ0) is 19.0. The number of aromatic nitrogens is 1. The van der Waals surface area contributed by atoms with Crippen LogP contribution in [0.5, 0.6) is 0 Å². The molecule has 1 fully saturated rings. The van der Waals surface area contributed by atoms with Crippen molar-refractivity contribution in [2.75, 3.05) is 18.9 Å². The molecular formula is C21H20FN3O2. The number of fused-ring (bicyclic) bond motifs is 1. The largest absolute Gasteiger partial charge is 0.360 e. The van der Waals surface area contributed by atoms with Gasteiger partial charge in [0.15, 0.2) is 0 Å². The van der Waals surface area contributed by atoms with E-state index in [1.807, 2.05) is 30.5 Å². The Labute approximate surface area is 156 Å². The Bertz CT molecular complexity index is 1010. The summed E-state index contributed by atoms with van der Waals surface area (Å²) < 4.78 is 13.3. The molecule has 0 radical (unpaired) electrons. The van der Waals surface area contributed by atoms with Gasteiger partial charge in [-0.3, -0.25) is 9.59 Å². The van der Waals surface area contributed by atoms with Crippen molar-refractivity contribution >= 4 is 28.4 Å². The molecule has 27 heavy (non-hydrogen) atoms. The van der Waals surface area contributed by atoms with Gasteiger partial charge in [-0.15, -0.1) is 0 Å². The number of hydrogen-bond donors (Lipinski definition) is 2. The minimum Gasteiger partial charge on any atom is -0.360 e. The Morgan fingerprint density at radius 2 is 2.00 bits per heavy atom. The second-order valence-electron chi connectivity index (χ2n) is 6.97. The van der Waals surface area contributed by atoms with Crippen LogP contribution in [0.15, 0.2) is 48.7 Å². The van der Waals surface area contributed by atoms with Gasteiger partial charge in [-0.2, -0.15) is 0 Å². The van der Waals surface area contributed by atoms with E-state index in [4.69, 9.17) is 0 Å². The Kier molecular flexibility index (Phi) is 4.39. The summed E-state index contributed by atoms with van der Waals surface area (Å²) >= 11 is 0. The van der Waals surface area contributed by atoms with E-state index in [0.717, 1.165) is 22.0 Å². The summed E-state index contributed by atoms with van der Waals surface area (Å²) in [4.78, 5) is 28.7. The predicted octanol–water partition coefficient (Wildman–Crippen LogP) is 3.78. The maximum atomic E-state index is 13.3. The van der Waals surface area contributed by atoms with Gasteiger partial charge in [-0.1, -0.05) is 12.1 Å². The fourth-order valence-electron chi connectivity index (χ4n) is 3.54. The van der Waals surface area contributed by atoms with Crippen molar-refractivity contribution in [2.24, 2.45) is 5.92 Å². The molecule has 1 aliphatic heterocycles. The number of aromatic amines is 1. The van der Waals surface area contributed by atoms with Crippen LogP contribution in [0.2, 0.25) is 0 Å². The van der Waals surface area contributed by atoms with Crippen LogP contribution in [-0.2, 0) is 9.59 Å². The van der Waals surface area contributed by atoms with Crippen molar-refractivity contribution in [2.45, 2.75) is 12.8 Å². The number of carbonyl (C=O) groups is 2. The van der Waals surface area contributed by atoms with Crippen molar-refractivity contribution in [1.29, 1.82) is 0 Å². The summed E-state index contributed by atoms with van der Waals surface area (Å²) in [6, 6.07) is 12.2. The first-order valence-electron chi connectivity index (χ1n) is 8.93. The molecule has 2 aromatic carbocycles. The summed E-state index contributed by atoms with van der Waals surface area (Å²) in [5, 5.41) is 3.88. The molecule has 1 unspecified atom stereocenters. The Hall–Kier alpha value is -3.15. The van der Waals surface area contributed by atoms with E-state index < -0.39 is 0 Å². The van der Waals surface area contributed by atoms with Crippen molar-refractivity contribution < 1.29 is 14.0 Å². The average molecular weight is 365 g/mol. The first-order chi connectivity index (χ1) is 13.0. The van der Waals surface area contributed by atoms with Gasteiger partial charge in [0, 0.05) is 48.4 Å². The zero-order valence-corrected chi connectivity index (χ0v) is 15.0. The summed E-state index contributed by atoms with van der Waals surface area (Å²) in [5.41, 5.74) is 3.43. The molecule has 0 aliphatic carbocycles. The number of carbonyl (C=O) groups excluding carboxylic acids is 2. The molecule has 6 heteroatoms. The zero-order valence-electron chi connectivity index (χ0n) is 15.0. The van der Waals surface area contributed by atoms with Gasteiger partial charge in [-0.05, 0) is 42.3 Å². The number of amides is 2. The predicted molar refractivity (Wildman–Crippen MR) is 103 cm³/mol. The molecule has 0 spiro atoms. The van der Waals surface area contributed by atoms with Gasteiger partial charge in [-0.25, -0.2) is 4.39 Å². The quantitative estimate of drug-likeness (QED) is 0.742.